The van der Waals surface area contributed by atoms with E-state index in [9.17, 15) is 19.8 Å². The van der Waals surface area contributed by atoms with Gasteiger partial charge in [0, 0.05) is 12.8 Å². The highest BCUT2D eigenvalue weighted by atomic mass is 79.9. The first-order chi connectivity index (χ1) is 17.5. The summed E-state index contributed by atoms with van der Waals surface area (Å²) in [5.41, 5.74) is 3.66. The van der Waals surface area contributed by atoms with Crippen LogP contribution in [0.2, 0.25) is 0 Å². The van der Waals surface area contributed by atoms with Gasteiger partial charge in [-0.1, -0.05) is 69.3 Å². The third-order valence-corrected chi connectivity index (χ3v) is 6.56. The lowest BCUT2D eigenvalue weighted by Crippen LogP contribution is -2.43. The van der Waals surface area contributed by atoms with Crippen molar-refractivity contribution in [2.45, 2.75) is 51.7 Å². The average Bonchev–Trinajstić information content (AvgIpc) is 2.86. The molecule has 3 N–H and O–H groups in total. The zero-order chi connectivity index (χ0) is 27.2. The molecule has 0 aliphatic carbocycles. The van der Waals surface area contributed by atoms with Crippen LogP contribution in [0.5, 0.6) is 11.5 Å². The topological polar surface area (TPSA) is 105 Å². The summed E-state index contributed by atoms with van der Waals surface area (Å²) in [7, 11) is 1.25. The van der Waals surface area contributed by atoms with Gasteiger partial charge in [-0.05, 0) is 61.3 Å². The zero-order valence-electron chi connectivity index (χ0n) is 21.4. The van der Waals surface area contributed by atoms with E-state index in [4.69, 9.17) is 9.47 Å². The van der Waals surface area contributed by atoms with Gasteiger partial charge in [-0.2, -0.15) is 0 Å². The number of carbonyl (C=O) groups excluding carboxylic acids is 2. The number of ether oxygens (including phenoxy) is 2. The Kier molecular flexibility index (Phi) is 9.21. The van der Waals surface area contributed by atoms with Crippen molar-refractivity contribution in [3.63, 3.8) is 0 Å². The molecule has 0 aliphatic heterocycles. The molecule has 0 spiro atoms. The van der Waals surface area contributed by atoms with Gasteiger partial charge in [-0.15, -0.1) is 0 Å². The molecular weight excluding hydrogens is 538 g/mol. The van der Waals surface area contributed by atoms with Gasteiger partial charge in [0.2, 0.25) is 0 Å². The summed E-state index contributed by atoms with van der Waals surface area (Å²) in [5.74, 6) is -0.462. The molecule has 1 atom stereocenters. The Labute approximate surface area is 225 Å². The molecule has 37 heavy (non-hydrogen) atoms. The molecule has 0 unspecified atom stereocenters. The van der Waals surface area contributed by atoms with Crippen molar-refractivity contribution in [3.8, 4) is 11.5 Å². The van der Waals surface area contributed by atoms with E-state index in [1.54, 1.807) is 18.2 Å². The number of alkyl carbamates (subject to hydrolysis) is 1. The number of halogens is 1. The maximum absolute atomic E-state index is 12.4. The van der Waals surface area contributed by atoms with E-state index in [1.807, 2.05) is 42.5 Å². The second-order valence-corrected chi connectivity index (χ2v) is 10.7. The van der Waals surface area contributed by atoms with E-state index >= 15 is 0 Å². The van der Waals surface area contributed by atoms with Crippen LogP contribution in [0.4, 0.5) is 4.79 Å². The molecule has 0 fully saturated rings. The average molecular weight is 570 g/mol. The lowest BCUT2D eigenvalue weighted by Gasteiger charge is -2.21. The van der Waals surface area contributed by atoms with Gasteiger partial charge in [0.1, 0.15) is 24.1 Å². The maximum atomic E-state index is 12.4. The monoisotopic (exact) mass is 569 g/mol. The highest BCUT2D eigenvalue weighted by Crippen LogP contribution is 2.35. The Balaban J connectivity index is 1.80. The summed E-state index contributed by atoms with van der Waals surface area (Å²) in [6.07, 6.45) is -0.377. The molecule has 196 valence electrons. The summed E-state index contributed by atoms with van der Waals surface area (Å²) < 4.78 is 10.6. The van der Waals surface area contributed by atoms with Crippen LogP contribution in [-0.4, -0.2) is 35.4 Å². The number of phenols is 2. The van der Waals surface area contributed by atoms with E-state index in [0.29, 0.717) is 21.2 Å². The van der Waals surface area contributed by atoms with Crippen molar-refractivity contribution in [3.05, 3.63) is 93.0 Å². The van der Waals surface area contributed by atoms with Crippen LogP contribution in [-0.2, 0) is 39.1 Å². The van der Waals surface area contributed by atoms with Crippen LogP contribution < -0.4 is 5.32 Å². The Morgan fingerprint density at radius 2 is 1.68 bits per heavy atom. The number of phenolic OH excluding ortho intramolecular Hbond substituents is 2. The standard InChI is InChI=1S/C29H32BrNO6/c1-29(2,3)22-10-11-25(32)20(16-22)15-21-12-19(13-23(30)26(21)33)14-24(27(34)36-4)31-28(35)37-17-18-8-6-5-7-9-18/h5-13,16,24,32-33H,14-15,17H2,1-4H3,(H,31,35)/t24-/m0/s1. The largest absolute Gasteiger partial charge is 0.508 e. The van der Waals surface area contributed by atoms with Crippen LogP contribution in [0.3, 0.4) is 0 Å². The number of carbonyl (C=O) groups is 2. The smallest absolute Gasteiger partial charge is 0.408 e. The molecule has 8 heteroatoms. The Morgan fingerprint density at radius 1 is 0.973 bits per heavy atom. The minimum absolute atomic E-state index is 0.0363. The van der Waals surface area contributed by atoms with E-state index in [0.717, 1.165) is 11.1 Å². The fourth-order valence-corrected chi connectivity index (χ4v) is 4.40. The van der Waals surface area contributed by atoms with E-state index in [-0.39, 0.29) is 36.4 Å². The molecule has 0 aliphatic rings. The molecular formula is C29H32BrNO6. The molecule has 0 saturated carbocycles. The molecule has 3 aromatic carbocycles. The summed E-state index contributed by atoms with van der Waals surface area (Å²) in [5, 5.41) is 23.7. The SMILES string of the molecule is COC(=O)[C@H](Cc1cc(Br)c(O)c(Cc2cc(C(C)(C)C)ccc2O)c1)NC(=O)OCc1ccccc1. The third-order valence-electron chi connectivity index (χ3n) is 5.96. The molecule has 0 saturated heterocycles. The second-order valence-electron chi connectivity index (χ2n) is 9.84. The molecule has 1 amide bonds. The first-order valence-corrected chi connectivity index (χ1v) is 12.6. The van der Waals surface area contributed by atoms with Gasteiger partial charge in [0.25, 0.3) is 0 Å². The van der Waals surface area contributed by atoms with Crippen molar-refractivity contribution in [1.82, 2.24) is 5.32 Å². The van der Waals surface area contributed by atoms with Gasteiger partial charge in [-0.25, -0.2) is 9.59 Å². The summed E-state index contributed by atoms with van der Waals surface area (Å²) in [6, 6.07) is 17.1. The maximum Gasteiger partial charge on any atom is 0.408 e. The van der Waals surface area contributed by atoms with Crippen molar-refractivity contribution < 1.29 is 29.3 Å². The van der Waals surface area contributed by atoms with Crippen molar-refractivity contribution in [1.29, 1.82) is 0 Å². The number of aromatic hydroxyl groups is 2. The minimum Gasteiger partial charge on any atom is -0.508 e. The predicted molar refractivity (Wildman–Crippen MR) is 145 cm³/mol. The summed E-state index contributed by atoms with van der Waals surface area (Å²) in [4.78, 5) is 24.8. The summed E-state index contributed by atoms with van der Waals surface area (Å²) in [6.45, 7) is 6.32. The van der Waals surface area contributed by atoms with Crippen LogP contribution in [0.15, 0.2) is 65.1 Å². The van der Waals surface area contributed by atoms with Gasteiger partial charge in [-0.3, -0.25) is 0 Å². The number of rotatable bonds is 8. The number of nitrogens with one attached hydrogen (secondary N) is 1. The zero-order valence-corrected chi connectivity index (χ0v) is 23.0. The normalized spacial score (nSPS) is 12.0. The van der Waals surface area contributed by atoms with Crippen LogP contribution in [0, 0.1) is 0 Å². The number of amides is 1. The second kappa shape index (κ2) is 12.1. The quantitative estimate of drug-likeness (QED) is 0.298. The highest BCUT2D eigenvalue weighted by Gasteiger charge is 2.24. The number of esters is 1. The fraction of sp³-hybridized carbons (Fsp3) is 0.310. The van der Waals surface area contributed by atoms with Crippen LogP contribution in [0.25, 0.3) is 0 Å². The fourth-order valence-electron chi connectivity index (χ4n) is 3.85. The Bertz CT molecular complexity index is 1250. The van der Waals surface area contributed by atoms with Crippen molar-refractivity contribution >= 4 is 28.0 Å². The Hall–Kier alpha value is -3.52. The lowest BCUT2D eigenvalue weighted by molar-refractivity contribution is -0.143. The molecule has 0 heterocycles. The van der Waals surface area contributed by atoms with Crippen molar-refractivity contribution in [2.24, 2.45) is 0 Å². The van der Waals surface area contributed by atoms with E-state index in [2.05, 4.69) is 42.0 Å². The predicted octanol–water partition coefficient (Wildman–Crippen LogP) is 5.76. The minimum atomic E-state index is -1.00. The van der Waals surface area contributed by atoms with Gasteiger partial charge < -0.3 is 25.0 Å². The first kappa shape index (κ1) is 28.1. The molecule has 3 aromatic rings. The first-order valence-electron chi connectivity index (χ1n) is 11.9. The van der Waals surface area contributed by atoms with E-state index < -0.39 is 18.1 Å². The third kappa shape index (κ3) is 7.73. The van der Waals surface area contributed by atoms with Gasteiger partial charge in [0.05, 0.1) is 11.6 Å². The lowest BCUT2D eigenvalue weighted by atomic mass is 9.85. The van der Waals surface area contributed by atoms with E-state index in [1.165, 1.54) is 7.11 Å². The van der Waals surface area contributed by atoms with Crippen LogP contribution in [0.1, 0.15) is 48.6 Å². The van der Waals surface area contributed by atoms with Gasteiger partial charge in [0.15, 0.2) is 0 Å². The molecule has 7 nitrogen and oxygen atoms in total. The molecule has 0 radical (unpaired) electrons. The number of benzene rings is 3. The summed E-state index contributed by atoms with van der Waals surface area (Å²) >= 11 is 3.38. The molecule has 0 aromatic heterocycles. The molecule has 3 rings (SSSR count). The number of hydrogen-bond acceptors (Lipinski definition) is 6. The van der Waals surface area contributed by atoms with Gasteiger partial charge >= 0.3 is 12.1 Å². The number of hydrogen-bond donors (Lipinski definition) is 3. The van der Waals surface area contributed by atoms with Crippen molar-refractivity contribution in [2.75, 3.05) is 7.11 Å². The highest BCUT2D eigenvalue weighted by molar-refractivity contribution is 9.10. The Morgan fingerprint density at radius 3 is 2.32 bits per heavy atom. The molecule has 0 bridgehead atoms. The van der Waals surface area contributed by atoms with Crippen LogP contribution >= 0.6 is 15.9 Å². The number of methoxy groups -OCH3 is 1.